The molecule has 2 aliphatic rings. The first-order chi connectivity index (χ1) is 11.2. The highest BCUT2D eigenvalue weighted by molar-refractivity contribution is 5.98. The Morgan fingerprint density at radius 2 is 1.78 bits per heavy atom. The molecule has 1 saturated heterocycles. The number of Topliss-reactive ketones (excluding diaryl/α,β-unsaturated/α-hetero) is 1. The number of carbonyl (C=O) groups is 2. The number of piperazine rings is 1. The number of methoxy groups -OCH3 is 1. The van der Waals surface area contributed by atoms with E-state index >= 15 is 0 Å². The van der Waals surface area contributed by atoms with Crippen LogP contribution in [0.1, 0.15) is 10.4 Å². The molecule has 23 heavy (non-hydrogen) atoms. The van der Waals surface area contributed by atoms with E-state index in [-0.39, 0.29) is 11.9 Å². The van der Waals surface area contributed by atoms with Gasteiger partial charge in [-0.2, -0.15) is 0 Å². The normalized spacial score (nSPS) is 17.7. The van der Waals surface area contributed by atoms with Gasteiger partial charge in [-0.15, -0.1) is 0 Å². The lowest BCUT2D eigenvalue weighted by atomic mass is 10.1. The molecule has 0 spiro atoms. The molecule has 2 aliphatic heterocycles. The summed E-state index contributed by atoms with van der Waals surface area (Å²) in [5.41, 5.74) is 0.615. The van der Waals surface area contributed by atoms with E-state index in [4.69, 9.17) is 14.2 Å². The fourth-order valence-electron chi connectivity index (χ4n) is 2.73. The second-order valence-electron chi connectivity index (χ2n) is 5.51. The van der Waals surface area contributed by atoms with E-state index in [9.17, 15) is 9.59 Å². The molecule has 1 aromatic rings. The first kappa shape index (κ1) is 15.6. The van der Waals surface area contributed by atoms with E-state index in [1.54, 1.807) is 23.1 Å². The lowest BCUT2D eigenvalue weighted by molar-refractivity contribution is 0.0790. The Morgan fingerprint density at radius 3 is 2.48 bits per heavy atom. The molecule has 1 aromatic carbocycles. The SMILES string of the molecule is COC(=O)N1CCN(CC(=O)c2ccc3c(c2)OCCO3)CC1. The zero-order chi connectivity index (χ0) is 16.2. The molecule has 0 bridgehead atoms. The van der Waals surface area contributed by atoms with Crippen LogP contribution in [0.25, 0.3) is 0 Å². The van der Waals surface area contributed by atoms with Crippen LogP contribution in [0.2, 0.25) is 0 Å². The maximum Gasteiger partial charge on any atom is 0.409 e. The van der Waals surface area contributed by atoms with Gasteiger partial charge in [0.1, 0.15) is 13.2 Å². The van der Waals surface area contributed by atoms with Crippen molar-refractivity contribution in [3.63, 3.8) is 0 Å². The Morgan fingerprint density at radius 1 is 1.09 bits per heavy atom. The fraction of sp³-hybridized carbons (Fsp3) is 0.500. The summed E-state index contributed by atoms with van der Waals surface area (Å²) < 4.78 is 15.7. The van der Waals surface area contributed by atoms with E-state index in [1.807, 2.05) is 4.90 Å². The van der Waals surface area contributed by atoms with Crippen LogP contribution in [-0.2, 0) is 4.74 Å². The van der Waals surface area contributed by atoms with Crippen LogP contribution in [0.4, 0.5) is 4.79 Å². The van der Waals surface area contributed by atoms with Gasteiger partial charge in [0.05, 0.1) is 13.7 Å². The summed E-state index contributed by atoms with van der Waals surface area (Å²) in [6.45, 7) is 3.82. The zero-order valence-electron chi connectivity index (χ0n) is 13.1. The molecular weight excluding hydrogens is 300 g/mol. The number of rotatable bonds is 3. The third-order valence-corrected chi connectivity index (χ3v) is 4.04. The third kappa shape index (κ3) is 3.56. The standard InChI is InChI=1S/C16H20N2O5/c1-21-16(20)18-6-4-17(5-7-18)11-13(19)12-2-3-14-15(10-12)23-9-8-22-14/h2-3,10H,4-9,11H2,1H3. The molecule has 0 N–H and O–H groups in total. The smallest absolute Gasteiger partial charge is 0.409 e. The van der Waals surface area contributed by atoms with Crippen LogP contribution in [0.15, 0.2) is 18.2 Å². The number of nitrogens with zero attached hydrogens (tertiary/aromatic N) is 2. The number of carbonyl (C=O) groups excluding carboxylic acids is 2. The van der Waals surface area contributed by atoms with Gasteiger partial charge in [0, 0.05) is 31.7 Å². The van der Waals surface area contributed by atoms with Crippen LogP contribution in [-0.4, -0.2) is 74.7 Å². The summed E-state index contributed by atoms with van der Waals surface area (Å²) in [5, 5.41) is 0. The Hall–Kier alpha value is -2.28. The van der Waals surface area contributed by atoms with E-state index < -0.39 is 0 Å². The Bertz CT molecular complexity index is 596. The Labute approximate surface area is 134 Å². The molecule has 1 fully saturated rings. The molecular formula is C16H20N2O5. The predicted octanol–water partition coefficient (Wildman–Crippen LogP) is 1.02. The Kier molecular flexibility index (Phi) is 4.66. The zero-order valence-corrected chi connectivity index (χ0v) is 13.1. The van der Waals surface area contributed by atoms with Crippen molar-refractivity contribution in [2.45, 2.75) is 0 Å². The summed E-state index contributed by atoms with van der Waals surface area (Å²) in [6, 6.07) is 5.28. The second-order valence-corrected chi connectivity index (χ2v) is 5.51. The van der Waals surface area contributed by atoms with Crippen LogP contribution < -0.4 is 9.47 Å². The lowest BCUT2D eigenvalue weighted by Crippen LogP contribution is -2.49. The van der Waals surface area contributed by atoms with Crippen LogP contribution in [0.5, 0.6) is 11.5 Å². The largest absolute Gasteiger partial charge is 0.486 e. The van der Waals surface area contributed by atoms with Gasteiger partial charge in [-0.25, -0.2) is 4.79 Å². The van der Waals surface area contributed by atoms with E-state index in [0.717, 1.165) is 0 Å². The average Bonchev–Trinajstić information content (AvgIpc) is 2.61. The molecule has 7 heteroatoms. The van der Waals surface area contributed by atoms with Gasteiger partial charge in [0.25, 0.3) is 0 Å². The van der Waals surface area contributed by atoms with Gasteiger partial charge < -0.3 is 19.1 Å². The fourth-order valence-corrected chi connectivity index (χ4v) is 2.73. The van der Waals surface area contributed by atoms with Crippen molar-refractivity contribution in [2.24, 2.45) is 0 Å². The number of hydrogen-bond donors (Lipinski definition) is 0. The molecule has 124 valence electrons. The molecule has 3 rings (SSSR count). The van der Waals surface area contributed by atoms with Crippen LogP contribution in [0.3, 0.4) is 0 Å². The van der Waals surface area contributed by atoms with E-state index in [2.05, 4.69) is 0 Å². The van der Waals surface area contributed by atoms with Gasteiger partial charge in [-0.05, 0) is 18.2 Å². The summed E-state index contributed by atoms with van der Waals surface area (Å²) in [5.74, 6) is 1.34. The quantitative estimate of drug-likeness (QED) is 0.775. The molecule has 0 aliphatic carbocycles. The minimum atomic E-state index is -0.317. The van der Waals surface area contributed by atoms with Crippen molar-refractivity contribution in [1.82, 2.24) is 9.80 Å². The summed E-state index contributed by atoms with van der Waals surface area (Å²) in [4.78, 5) is 27.6. The third-order valence-electron chi connectivity index (χ3n) is 4.04. The van der Waals surface area contributed by atoms with Crippen molar-refractivity contribution in [1.29, 1.82) is 0 Å². The Balaban J connectivity index is 1.57. The number of amides is 1. The van der Waals surface area contributed by atoms with Crippen molar-refractivity contribution in [2.75, 3.05) is 53.0 Å². The monoisotopic (exact) mass is 320 g/mol. The number of hydrogen-bond acceptors (Lipinski definition) is 6. The van der Waals surface area contributed by atoms with E-state index in [0.29, 0.717) is 63.0 Å². The summed E-state index contributed by atoms with van der Waals surface area (Å²) >= 11 is 0. The predicted molar refractivity (Wildman–Crippen MR) is 82.2 cm³/mol. The molecule has 2 heterocycles. The molecule has 0 atom stereocenters. The van der Waals surface area contributed by atoms with Gasteiger partial charge in [-0.3, -0.25) is 9.69 Å². The van der Waals surface area contributed by atoms with Crippen molar-refractivity contribution in [3.8, 4) is 11.5 Å². The topological polar surface area (TPSA) is 68.3 Å². The highest BCUT2D eigenvalue weighted by atomic mass is 16.6. The van der Waals surface area contributed by atoms with Crippen molar-refractivity contribution in [3.05, 3.63) is 23.8 Å². The van der Waals surface area contributed by atoms with Gasteiger partial charge in [-0.1, -0.05) is 0 Å². The maximum atomic E-state index is 12.4. The van der Waals surface area contributed by atoms with Gasteiger partial charge >= 0.3 is 6.09 Å². The molecule has 7 nitrogen and oxygen atoms in total. The van der Waals surface area contributed by atoms with Gasteiger partial charge in [0.2, 0.25) is 0 Å². The van der Waals surface area contributed by atoms with Crippen molar-refractivity contribution >= 4 is 11.9 Å². The minimum Gasteiger partial charge on any atom is -0.486 e. The molecule has 0 saturated carbocycles. The second kappa shape index (κ2) is 6.87. The summed E-state index contributed by atoms with van der Waals surface area (Å²) in [6.07, 6.45) is -0.317. The van der Waals surface area contributed by atoms with Crippen LogP contribution in [0, 0.1) is 0 Å². The average molecular weight is 320 g/mol. The lowest BCUT2D eigenvalue weighted by Gasteiger charge is -2.33. The molecule has 1 amide bonds. The van der Waals surface area contributed by atoms with Crippen LogP contribution >= 0.6 is 0 Å². The first-order valence-electron chi connectivity index (χ1n) is 7.65. The number of ketones is 1. The molecule has 0 radical (unpaired) electrons. The van der Waals surface area contributed by atoms with E-state index in [1.165, 1.54) is 7.11 Å². The maximum absolute atomic E-state index is 12.4. The number of benzene rings is 1. The molecule has 0 aromatic heterocycles. The highest BCUT2D eigenvalue weighted by Crippen LogP contribution is 2.30. The number of ether oxygens (including phenoxy) is 3. The van der Waals surface area contributed by atoms with Crippen molar-refractivity contribution < 1.29 is 23.8 Å². The molecule has 0 unspecified atom stereocenters. The number of fused-ring (bicyclic) bond motifs is 1. The van der Waals surface area contributed by atoms with Gasteiger partial charge in [0.15, 0.2) is 17.3 Å². The minimum absolute atomic E-state index is 0.0356. The first-order valence-corrected chi connectivity index (χ1v) is 7.65. The summed E-state index contributed by atoms with van der Waals surface area (Å²) in [7, 11) is 1.38. The highest BCUT2D eigenvalue weighted by Gasteiger charge is 2.23.